The van der Waals surface area contributed by atoms with Crippen molar-refractivity contribution in [2.75, 3.05) is 11.9 Å². The standard InChI is InChI=1S/C24H37N3O2Si/c1-30(2,3)7-6-29-15-27-5-4-21-23(20(14-28)13-25-24(21)27)26-22-18-9-16-8-17(11-18)12-19(22)10-16/h4-5,13,16-19,22,28H,6-12,14-15H2,1-3H3,(H,25,26). The number of aromatic nitrogens is 2. The zero-order valence-corrected chi connectivity index (χ0v) is 19.7. The molecular formula is C24H37N3O2Si. The van der Waals surface area contributed by atoms with Crippen LogP contribution in [-0.4, -0.2) is 35.4 Å². The molecule has 0 unspecified atom stereocenters. The maximum absolute atomic E-state index is 10.0. The summed E-state index contributed by atoms with van der Waals surface area (Å²) in [6.07, 6.45) is 11.0. The van der Waals surface area contributed by atoms with E-state index < -0.39 is 8.07 Å². The molecule has 2 aromatic rings. The van der Waals surface area contributed by atoms with Crippen LogP contribution in [0, 0.1) is 23.7 Å². The van der Waals surface area contributed by atoms with Crippen LogP contribution in [0.4, 0.5) is 5.69 Å². The third-order valence-corrected chi connectivity index (χ3v) is 9.51. The summed E-state index contributed by atoms with van der Waals surface area (Å²) < 4.78 is 8.07. The van der Waals surface area contributed by atoms with E-state index in [1.165, 1.54) is 38.1 Å². The third kappa shape index (κ3) is 3.94. The van der Waals surface area contributed by atoms with Gasteiger partial charge in [0.15, 0.2) is 0 Å². The Morgan fingerprint density at radius 2 is 1.83 bits per heavy atom. The fourth-order valence-electron chi connectivity index (χ4n) is 6.44. The number of nitrogens with one attached hydrogen (secondary N) is 1. The van der Waals surface area contributed by atoms with Gasteiger partial charge in [0.2, 0.25) is 0 Å². The van der Waals surface area contributed by atoms with E-state index in [-0.39, 0.29) is 6.61 Å². The highest BCUT2D eigenvalue weighted by atomic mass is 28.3. The van der Waals surface area contributed by atoms with Gasteiger partial charge in [-0.05, 0) is 67.9 Å². The van der Waals surface area contributed by atoms with Gasteiger partial charge in [-0.15, -0.1) is 0 Å². The van der Waals surface area contributed by atoms with Crippen LogP contribution in [0.5, 0.6) is 0 Å². The van der Waals surface area contributed by atoms with Crippen LogP contribution in [0.1, 0.15) is 37.7 Å². The van der Waals surface area contributed by atoms with Gasteiger partial charge in [0.05, 0.1) is 12.3 Å². The molecule has 2 heterocycles. The molecule has 0 radical (unpaired) electrons. The molecule has 0 saturated heterocycles. The summed E-state index contributed by atoms with van der Waals surface area (Å²) in [5, 5.41) is 15.1. The molecule has 2 N–H and O–H groups in total. The minimum atomic E-state index is -1.08. The minimum Gasteiger partial charge on any atom is -0.392 e. The Labute approximate surface area is 181 Å². The quantitative estimate of drug-likeness (QED) is 0.456. The maximum Gasteiger partial charge on any atom is 0.143 e. The number of aliphatic hydroxyl groups is 1. The second-order valence-electron chi connectivity index (χ2n) is 11.3. The van der Waals surface area contributed by atoms with E-state index in [1.54, 1.807) is 0 Å². The SMILES string of the molecule is C[Si](C)(C)CCOCn1ccc2c(NC3C4CC5CC(C4)CC3C5)c(CO)cnc21. The van der Waals surface area contributed by atoms with Gasteiger partial charge in [-0.25, -0.2) is 4.98 Å². The topological polar surface area (TPSA) is 59.3 Å². The summed E-state index contributed by atoms with van der Waals surface area (Å²) in [4.78, 5) is 4.68. The molecule has 4 saturated carbocycles. The third-order valence-electron chi connectivity index (χ3n) is 7.80. The molecule has 4 bridgehead atoms. The van der Waals surface area contributed by atoms with Gasteiger partial charge in [-0.1, -0.05) is 19.6 Å². The predicted molar refractivity (Wildman–Crippen MR) is 124 cm³/mol. The Kier molecular flexibility index (Phi) is 5.44. The fourth-order valence-corrected chi connectivity index (χ4v) is 7.20. The van der Waals surface area contributed by atoms with Gasteiger partial charge < -0.3 is 19.7 Å². The van der Waals surface area contributed by atoms with E-state index >= 15 is 0 Å². The molecule has 30 heavy (non-hydrogen) atoms. The van der Waals surface area contributed by atoms with Crippen LogP contribution >= 0.6 is 0 Å². The van der Waals surface area contributed by atoms with E-state index in [0.29, 0.717) is 12.8 Å². The molecule has 4 aliphatic rings. The van der Waals surface area contributed by atoms with Crippen molar-refractivity contribution < 1.29 is 9.84 Å². The second kappa shape index (κ2) is 7.95. The largest absolute Gasteiger partial charge is 0.392 e. The van der Waals surface area contributed by atoms with Gasteiger partial charge in [0.1, 0.15) is 12.4 Å². The number of aliphatic hydroxyl groups excluding tert-OH is 1. The zero-order valence-electron chi connectivity index (χ0n) is 18.7. The van der Waals surface area contributed by atoms with Crippen molar-refractivity contribution in [3.05, 3.63) is 24.0 Å². The Hall–Kier alpha value is -1.37. The number of rotatable bonds is 8. The number of anilines is 1. The highest BCUT2D eigenvalue weighted by molar-refractivity contribution is 6.76. The van der Waals surface area contributed by atoms with Crippen LogP contribution in [0.3, 0.4) is 0 Å². The smallest absolute Gasteiger partial charge is 0.143 e. The highest BCUT2D eigenvalue weighted by Gasteiger charge is 2.48. The lowest BCUT2D eigenvalue weighted by Crippen LogP contribution is -2.51. The first-order valence-corrected chi connectivity index (χ1v) is 15.5. The van der Waals surface area contributed by atoms with E-state index in [2.05, 4.69) is 46.8 Å². The molecule has 2 aromatic heterocycles. The van der Waals surface area contributed by atoms with Gasteiger partial charge in [0, 0.05) is 44.1 Å². The van der Waals surface area contributed by atoms with E-state index in [9.17, 15) is 5.11 Å². The first-order valence-electron chi connectivity index (χ1n) is 11.8. The summed E-state index contributed by atoms with van der Waals surface area (Å²) in [5.74, 6) is 3.52. The van der Waals surface area contributed by atoms with Gasteiger partial charge in [-0.2, -0.15) is 0 Å². The van der Waals surface area contributed by atoms with Crippen LogP contribution in [0.25, 0.3) is 11.0 Å². The van der Waals surface area contributed by atoms with Gasteiger partial charge in [-0.3, -0.25) is 0 Å². The summed E-state index contributed by atoms with van der Waals surface area (Å²) in [6, 6.07) is 3.86. The van der Waals surface area contributed by atoms with E-state index in [1.807, 2.05) is 6.20 Å². The first-order chi connectivity index (χ1) is 14.4. The second-order valence-corrected chi connectivity index (χ2v) is 16.9. The Morgan fingerprint density at radius 1 is 1.13 bits per heavy atom. The Morgan fingerprint density at radius 3 is 2.47 bits per heavy atom. The number of hydrogen-bond acceptors (Lipinski definition) is 4. The van der Waals surface area contributed by atoms with Gasteiger partial charge in [0.25, 0.3) is 0 Å². The van der Waals surface area contributed by atoms with Crippen LogP contribution in [0.2, 0.25) is 25.7 Å². The van der Waals surface area contributed by atoms with Gasteiger partial charge >= 0.3 is 0 Å². The summed E-state index contributed by atoms with van der Waals surface area (Å²) in [6.45, 7) is 8.50. The molecule has 164 valence electrons. The molecule has 4 fully saturated rings. The molecular weight excluding hydrogens is 390 g/mol. The molecule has 0 amide bonds. The molecule has 4 aliphatic carbocycles. The monoisotopic (exact) mass is 427 g/mol. The van der Waals surface area contributed by atoms with Crippen molar-refractivity contribution in [3.8, 4) is 0 Å². The molecule has 0 aromatic carbocycles. The molecule has 5 nitrogen and oxygen atoms in total. The van der Waals surface area contributed by atoms with Crippen LogP contribution in [-0.2, 0) is 18.1 Å². The fraction of sp³-hybridized carbons (Fsp3) is 0.708. The average Bonchev–Trinajstić information content (AvgIpc) is 3.10. The van der Waals surface area contributed by atoms with Crippen molar-refractivity contribution in [3.63, 3.8) is 0 Å². The number of fused-ring (bicyclic) bond motifs is 1. The lowest BCUT2D eigenvalue weighted by Gasteiger charge is -2.54. The summed E-state index contributed by atoms with van der Waals surface area (Å²) in [7, 11) is -1.08. The molecule has 6 rings (SSSR count). The Balaban J connectivity index is 1.36. The summed E-state index contributed by atoms with van der Waals surface area (Å²) >= 11 is 0. The van der Waals surface area contributed by atoms with Crippen molar-refractivity contribution in [2.24, 2.45) is 23.7 Å². The number of pyridine rings is 1. The predicted octanol–water partition coefficient (Wildman–Crippen LogP) is 5.08. The van der Waals surface area contributed by atoms with Crippen LogP contribution in [0.15, 0.2) is 18.5 Å². The van der Waals surface area contributed by atoms with Crippen molar-refractivity contribution in [1.29, 1.82) is 0 Å². The molecule has 0 aliphatic heterocycles. The molecule has 0 atom stereocenters. The lowest BCUT2D eigenvalue weighted by atomic mass is 9.54. The lowest BCUT2D eigenvalue weighted by molar-refractivity contribution is 0.00753. The molecule has 0 spiro atoms. The van der Waals surface area contributed by atoms with Crippen molar-refractivity contribution >= 4 is 24.8 Å². The average molecular weight is 428 g/mol. The van der Waals surface area contributed by atoms with E-state index in [0.717, 1.165) is 52.6 Å². The number of nitrogens with zero attached hydrogens (tertiary/aromatic N) is 2. The van der Waals surface area contributed by atoms with Crippen molar-refractivity contribution in [1.82, 2.24) is 9.55 Å². The van der Waals surface area contributed by atoms with Crippen LogP contribution < -0.4 is 5.32 Å². The zero-order chi connectivity index (χ0) is 20.9. The number of hydrogen-bond donors (Lipinski definition) is 2. The molecule has 6 heteroatoms. The summed E-state index contributed by atoms with van der Waals surface area (Å²) in [5.41, 5.74) is 2.96. The number of ether oxygens (including phenoxy) is 1. The van der Waals surface area contributed by atoms with Crippen molar-refractivity contribution in [2.45, 2.75) is 77.2 Å². The minimum absolute atomic E-state index is 0.0243. The van der Waals surface area contributed by atoms with E-state index in [4.69, 9.17) is 4.74 Å². The normalized spacial score (nSPS) is 30.3. The highest BCUT2D eigenvalue weighted by Crippen LogP contribution is 2.54. The maximum atomic E-state index is 10.0. The Bertz CT molecular complexity index is 876. The first kappa shape index (κ1) is 20.5.